The number of benzene rings is 1. The first-order chi connectivity index (χ1) is 14.5. The SMILES string of the molecule is CC(NC(=O)C1CC(c2ccccc2)CN1)C(=O)NCc1cnc2[nH]cc(Cl)c2c1.Cl.Cl. The van der Waals surface area contributed by atoms with Crippen molar-refractivity contribution in [3.05, 3.63) is 64.9 Å². The molecule has 172 valence electrons. The normalized spacial score (nSPS) is 18.3. The van der Waals surface area contributed by atoms with Crippen LogP contribution in [0.1, 0.15) is 30.4 Å². The molecule has 0 spiro atoms. The van der Waals surface area contributed by atoms with Crippen LogP contribution in [0, 0.1) is 0 Å². The molecule has 1 aliphatic rings. The minimum Gasteiger partial charge on any atom is -0.350 e. The number of carbonyl (C=O) groups is 2. The van der Waals surface area contributed by atoms with Crippen LogP contribution in [0.3, 0.4) is 0 Å². The Balaban J connectivity index is 0.00000181. The zero-order valence-corrected chi connectivity index (χ0v) is 19.8. The van der Waals surface area contributed by atoms with Gasteiger partial charge in [-0.1, -0.05) is 41.9 Å². The number of H-pyrrole nitrogens is 1. The third kappa shape index (κ3) is 5.92. The Bertz CT molecular complexity index is 1060. The van der Waals surface area contributed by atoms with Crippen molar-refractivity contribution < 1.29 is 9.59 Å². The van der Waals surface area contributed by atoms with Gasteiger partial charge in [-0.3, -0.25) is 9.59 Å². The van der Waals surface area contributed by atoms with Crippen LogP contribution < -0.4 is 16.0 Å². The summed E-state index contributed by atoms with van der Waals surface area (Å²) in [6, 6.07) is 11.1. The molecule has 10 heteroatoms. The minimum absolute atomic E-state index is 0. The number of carbonyl (C=O) groups excluding carboxylic acids is 2. The first-order valence-electron chi connectivity index (χ1n) is 9.99. The van der Waals surface area contributed by atoms with Crippen LogP contribution in [0.15, 0.2) is 48.8 Å². The van der Waals surface area contributed by atoms with E-state index in [9.17, 15) is 9.59 Å². The highest BCUT2D eigenvalue weighted by Gasteiger charge is 2.31. The number of aromatic amines is 1. The number of nitrogens with one attached hydrogen (secondary N) is 4. The van der Waals surface area contributed by atoms with Gasteiger partial charge in [0, 0.05) is 30.9 Å². The van der Waals surface area contributed by atoms with Crippen molar-refractivity contribution in [3.63, 3.8) is 0 Å². The number of halogens is 3. The van der Waals surface area contributed by atoms with Gasteiger partial charge in [-0.25, -0.2) is 4.98 Å². The fourth-order valence-corrected chi connectivity index (χ4v) is 3.95. The molecule has 0 bridgehead atoms. The average molecular weight is 499 g/mol. The summed E-state index contributed by atoms with van der Waals surface area (Å²) in [4.78, 5) is 32.3. The predicted molar refractivity (Wildman–Crippen MR) is 131 cm³/mol. The average Bonchev–Trinajstić information content (AvgIpc) is 3.40. The van der Waals surface area contributed by atoms with Gasteiger partial charge in [-0.15, -0.1) is 24.8 Å². The standard InChI is InChI=1S/C22H24ClN5O2.2ClH/c1-13(21(29)27-10-14-7-17-18(23)12-26-20(17)25-9-14)28-22(30)19-8-16(11-24-19)15-5-3-2-4-6-15;;/h2-7,9,12-13,16,19,24H,8,10-11H2,1H3,(H,25,26)(H,27,29)(H,28,30);2*1H. The summed E-state index contributed by atoms with van der Waals surface area (Å²) in [5, 5.41) is 10.3. The van der Waals surface area contributed by atoms with Crippen LogP contribution in [0.4, 0.5) is 0 Å². The molecule has 1 aliphatic heterocycles. The smallest absolute Gasteiger partial charge is 0.242 e. The number of pyridine rings is 1. The molecule has 0 aliphatic carbocycles. The topological polar surface area (TPSA) is 98.9 Å². The molecule has 2 amide bonds. The Morgan fingerprint density at radius 3 is 2.75 bits per heavy atom. The fourth-order valence-electron chi connectivity index (χ4n) is 3.75. The molecular weight excluding hydrogens is 473 g/mol. The number of fused-ring (bicyclic) bond motifs is 1. The summed E-state index contributed by atoms with van der Waals surface area (Å²) in [5.74, 6) is -0.103. The molecule has 1 saturated heterocycles. The molecule has 0 radical (unpaired) electrons. The maximum absolute atomic E-state index is 12.6. The van der Waals surface area contributed by atoms with Gasteiger partial charge in [0.2, 0.25) is 11.8 Å². The van der Waals surface area contributed by atoms with E-state index >= 15 is 0 Å². The lowest BCUT2D eigenvalue weighted by molar-refractivity contribution is -0.129. The van der Waals surface area contributed by atoms with E-state index in [1.54, 1.807) is 19.3 Å². The Hall–Kier alpha value is -2.32. The van der Waals surface area contributed by atoms with Crippen LogP contribution in [-0.2, 0) is 16.1 Å². The molecule has 2 aromatic heterocycles. The van der Waals surface area contributed by atoms with Gasteiger partial charge in [0.25, 0.3) is 0 Å². The molecule has 1 fully saturated rings. The Kier molecular flexibility index (Phi) is 9.33. The Morgan fingerprint density at radius 2 is 2.00 bits per heavy atom. The highest BCUT2D eigenvalue weighted by molar-refractivity contribution is 6.35. The second-order valence-electron chi connectivity index (χ2n) is 7.63. The molecule has 0 saturated carbocycles. The summed E-state index contributed by atoms with van der Waals surface area (Å²) in [7, 11) is 0. The Labute approximate surface area is 203 Å². The van der Waals surface area contributed by atoms with E-state index < -0.39 is 6.04 Å². The minimum atomic E-state index is -0.636. The number of nitrogens with zero attached hydrogens (tertiary/aromatic N) is 1. The number of hydrogen-bond acceptors (Lipinski definition) is 4. The van der Waals surface area contributed by atoms with E-state index in [1.165, 1.54) is 5.56 Å². The van der Waals surface area contributed by atoms with E-state index in [4.69, 9.17) is 11.6 Å². The van der Waals surface area contributed by atoms with Gasteiger partial charge in [0.15, 0.2) is 0 Å². The van der Waals surface area contributed by atoms with Crippen LogP contribution in [0.25, 0.3) is 11.0 Å². The first-order valence-corrected chi connectivity index (χ1v) is 10.4. The van der Waals surface area contributed by atoms with Crippen molar-refractivity contribution in [1.82, 2.24) is 25.9 Å². The number of aromatic nitrogens is 2. The number of rotatable bonds is 6. The highest BCUT2D eigenvalue weighted by atomic mass is 35.5. The van der Waals surface area contributed by atoms with Gasteiger partial charge in [0.1, 0.15) is 11.7 Å². The van der Waals surface area contributed by atoms with Gasteiger partial charge >= 0.3 is 0 Å². The molecule has 32 heavy (non-hydrogen) atoms. The van der Waals surface area contributed by atoms with Crippen molar-refractivity contribution >= 4 is 59.3 Å². The molecule has 3 atom stereocenters. The van der Waals surface area contributed by atoms with Crippen molar-refractivity contribution in [3.8, 4) is 0 Å². The lowest BCUT2D eigenvalue weighted by Gasteiger charge is -2.17. The summed E-state index contributed by atoms with van der Waals surface area (Å²) in [6.07, 6.45) is 4.08. The lowest BCUT2D eigenvalue weighted by Crippen LogP contribution is -2.49. The van der Waals surface area contributed by atoms with Crippen LogP contribution in [0.5, 0.6) is 0 Å². The van der Waals surface area contributed by atoms with E-state index in [0.29, 0.717) is 29.6 Å². The predicted octanol–water partition coefficient (Wildman–Crippen LogP) is 3.33. The molecule has 7 nitrogen and oxygen atoms in total. The summed E-state index contributed by atoms with van der Waals surface area (Å²) >= 11 is 6.11. The van der Waals surface area contributed by atoms with Crippen molar-refractivity contribution in [2.24, 2.45) is 0 Å². The second-order valence-corrected chi connectivity index (χ2v) is 8.04. The maximum atomic E-state index is 12.6. The van der Waals surface area contributed by atoms with Gasteiger partial charge < -0.3 is 20.9 Å². The third-order valence-electron chi connectivity index (χ3n) is 5.47. The molecule has 3 aromatic rings. The third-order valence-corrected chi connectivity index (χ3v) is 5.79. The van der Waals surface area contributed by atoms with E-state index in [2.05, 4.69) is 38.1 Å². The monoisotopic (exact) mass is 497 g/mol. The number of amides is 2. The Morgan fingerprint density at radius 1 is 1.25 bits per heavy atom. The van der Waals surface area contributed by atoms with Crippen molar-refractivity contribution in [1.29, 1.82) is 0 Å². The van der Waals surface area contributed by atoms with Gasteiger partial charge in [-0.05, 0) is 36.5 Å². The van der Waals surface area contributed by atoms with Gasteiger partial charge in [0.05, 0.1) is 11.1 Å². The zero-order valence-electron chi connectivity index (χ0n) is 17.4. The van der Waals surface area contributed by atoms with Crippen LogP contribution in [0.2, 0.25) is 5.02 Å². The van der Waals surface area contributed by atoms with Crippen molar-refractivity contribution in [2.45, 2.75) is 37.9 Å². The van der Waals surface area contributed by atoms with E-state index in [0.717, 1.165) is 17.5 Å². The lowest BCUT2D eigenvalue weighted by atomic mass is 9.96. The second kappa shape index (κ2) is 11.5. The summed E-state index contributed by atoms with van der Waals surface area (Å²) in [5.41, 5.74) is 2.76. The molecule has 3 unspecified atom stereocenters. The largest absolute Gasteiger partial charge is 0.350 e. The molecule has 1 aromatic carbocycles. The highest BCUT2D eigenvalue weighted by Crippen LogP contribution is 2.25. The zero-order chi connectivity index (χ0) is 21.1. The fraction of sp³-hybridized carbons (Fsp3) is 0.318. The molecular formula is C22H26Cl3N5O2. The quantitative estimate of drug-likeness (QED) is 0.419. The summed E-state index contributed by atoms with van der Waals surface area (Å²) in [6.45, 7) is 2.74. The molecule has 4 N–H and O–H groups in total. The van der Waals surface area contributed by atoms with Crippen LogP contribution in [-0.4, -0.2) is 40.4 Å². The first kappa shape index (κ1) is 25.9. The maximum Gasteiger partial charge on any atom is 0.242 e. The van der Waals surface area contributed by atoms with E-state index in [1.807, 2.05) is 24.3 Å². The molecule has 3 heterocycles. The van der Waals surface area contributed by atoms with Crippen molar-refractivity contribution in [2.75, 3.05) is 6.54 Å². The van der Waals surface area contributed by atoms with Gasteiger partial charge in [-0.2, -0.15) is 0 Å². The van der Waals surface area contributed by atoms with E-state index in [-0.39, 0.29) is 42.7 Å². The van der Waals surface area contributed by atoms with Crippen LogP contribution >= 0.6 is 36.4 Å². The molecule has 4 rings (SSSR count). The summed E-state index contributed by atoms with van der Waals surface area (Å²) < 4.78 is 0. The number of hydrogen-bond donors (Lipinski definition) is 4.